The number of nitrogens with zero attached hydrogens (tertiary/aromatic N) is 1. The van der Waals surface area contributed by atoms with Crippen molar-refractivity contribution in [3.63, 3.8) is 0 Å². The van der Waals surface area contributed by atoms with Crippen LogP contribution in [0.5, 0.6) is 0 Å². The molecule has 0 saturated heterocycles. The summed E-state index contributed by atoms with van der Waals surface area (Å²) in [7, 11) is 0. The second-order valence-corrected chi connectivity index (χ2v) is 5.94. The van der Waals surface area contributed by atoms with Crippen molar-refractivity contribution in [1.82, 2.24) is 9.97 Å². The van der Waals surface area contributed by atoms with Gasteiger partial charge in [-0.1, -0.05) is 0 Å². The van der Waals surface area contributed by atoms with Crippen molar-refractivity contribution >= 4 is 17.6 Å². The van der Waals surface area contributed by atoms with Crippen LogP contribution in [0.1, 0.15) is 31.5 Å². The number of thioether (sulfide) groups is 1. The van der Waals surface area contributed by atoms with Gasteiger partial charge in [-0.3, -0.25) is 4.79 Å². The van der Waals surface area contributed by atoms with Crippen molar-refractivity contribution in [3.05, 3.63) is 22.2 Å². The molecule has 0 radical (unpaired) electrons. The highest BCUT2D eigenvalue weighted by atomic mass is 32.2. The molecule has 1 unspecified atom stereocenters. The normalized spacial score (nSPS) is 18.4. The van der Waals surface area contributed by atoms with E-state index in [1.165, 1.54) is 6.07 Å². The number of aromatic nitrogens is 2. The monoisotopic (exact) mass is 269 g/mol. The van der Waals surface area contributed by atoms with Crippen LogP contribution >= 0.6 is 11.8 Å². The summed E-state index contributed by atoms with van der Waals surface area (Å²) in [6.45, 7) is 2.15. The predicted molar refractivity (Wildman–Crippen MR) is 74.3 cm³/mol. The van der Waals surface area contributed by atoms with Crippen molar-refractivity contribution in [3.8, 4) is 0 Å². The number of aliphatic hydroxyl groups is 1. The van der Waals surface area contributed by atoms with Crippen LogP contribution in [0.15, 0.2) is 10.9 Å². The lowest BCUT2D eigenvalue weighted by molar-refractivity contribution is 0.0996. The Labute approximate surface area is 110 Å². The zero-order chi connectivity index (χ0) is 13.2. The summed E-state index contributed by atoms with van der Waals surface area (Å²) in [5.41, 5.74) is -0.942. The number of aromatic amines is 1. The third-order valence-corrected chi connectivity index (χ3v) is 3.74. The van der Waals surface area contributed by atoms with E-state index in [9.17, 15) is 9.90 Å². The second-order valence-electron chi connectivity index (χ2n) is 5.07. The number of H-pyrrole nitrogens is 1. The SMILES string of the molecule is CSCC(C)(O)CNc1cc(=O)[nH]c(C2CC2)n1. The van der Waals surface area contributed by atoms with Gasteiger partial charge in [0, 0.05) is 24.3 Å². The molecule has 18 heavy (non-hydrogen) atoms. The molecule has 1 aliphatic rings. The van der Waals surface area contributed by atoms with Gasteiger partial charge in [-0.25, -0.2) is 4.98 Å². The molecule has 1 fully saturated rings. The first kappa shape index (κ1) is 13.4. The van der Waals surface area contributed by atoms with Crippen molar-refractivity contribution in [2.75, 3.05) is 23.9 Å². The van der Waals surface area contributed by atoms with Gasteiger partial charge in [0.05, 0.1) is 5.60 Å². The molecule has 100 valence electrons. The highest BCUT2D eigenvalue weighted by Crippen LogP contribution is 2.37. The molecule has 1 aromatic rings. The van der Waals surface area contributed by atoms with E-state index in [0.29, 0.717) is 24.0 Å². The van der Waals surface area contributed by atoms with Gasteiger partial charge in [-0.15, -0.1) is 0 Å². The van der Waals surface area contributed by atoms with Crippen LogP contribution in [0.25, 0.3) is 0 Å². The Morgan fingerprint density at radius 2 is 2.39 bits per heavy atom. The average molecular weight is 269 g/mol. The highest BCUT2D eigenvalue weighted by molar-refractivity contribution is 7.98. The minimum atomic E-state index is -0.802. The van der Waals surface area contributed by atoms with E-state index in [1.807, 2.05) is 6.26 Å². The van der Waals surface area contributed by atoms with Crippen LogP contribution in [0.4, 0.5) is 5.82 Å². The molecule has 1 aromatic heterocycles. The summed E-state index contributed by atoms with van der Waals surface area (Å²) < 4.78 is 0. The molecule has 3 N–H and O–H groups in total. The first-order chi connectivity index (χ1) is 8.50. The Balaban J connectivity index is 2.02. The summed E-state index contributed by atoms with van der Waals surface area (Å²) in [6, 6.07) is 1.43. The van der Waals surface area contributed by atoms with Crippen LogP contribution in [0.3, 0.4) is 0 Å². The molecule has 2 rings (SSSR count). The smallest absolute Gasteiger partial charge is 0.252 e. The second kappa shape index (κ2) is 5.32. The van der Waals surface area contributed by atoms with Crippen LogP contribution in [-0.4, -0.2) is 39.2 Å². The summed E-state index contributed by atoms with van der Waals surface area (Å²) in [4.78, 5) is 18.6. The molecule has 6 heteroatoms. The first-order valence-corrected chi connectivity index (χ1v) is 7.46. The molecule has 1 saturated carbocycles. The molecule has 1 heterocycles. The van der Waals surface area contributed by atoms with Gasteiger partial charge in [0.15, 0.2) is 0 Å². The molecule has 1 aliphatic carbocycles. The standard InChI is InChI=1S/C12H19N3O2S/c1-12(17,7-18-2)6-13-9-5-10(16)15-11(14-9)8-3-4-8/h5,8,17H,3-4,6-7H2,1-2H3,(H2,13,14,15,16). The van der Waals surface area contributed by atoms with E-state index in [0.717, 1.165) is 18.7 Å². The van der Waals surface area contributed by atoms with Gasteiger partial charge < -0.3 is 15.4 Å². The fraction of sp³-hybridized carbons (Fsp3) is 0.667. The Morgan fingerprint density at radius 1 is 1.67 bits per heavy atom. The predicted octanol–water partition coefficient (Wildman–Crippen LogP) is 1.17. The first-order valence-electron chi connectivity index (χ1n) is 6.07. The van der Waals surface area contributed by atoms with E-state index in [4.69, 9.17) is 0 Å². The largest absolute Gasteiger partial charge is 0.387 e. The molecule has 0 aliphatic heterocycles. The number of anilines is 1. The number of hydrogen-bond acceptors (Lipinski definition) is 5. The minimum absolute atomic E-state index is 0.140. The molecule has 5 nitrogen and oxygen atoms in total. The number of hydrogen-bond donors (Lipinski definition) is 3. The van der Waals surface area contributed by atoms with Crippen LogP contribution in [0, 0.1) is 0 Å². The third-order valence-electron chi connectivity index (χ3n) is 2.83. The van der Waals surface area contributed by atoms with E-state index in [2.05, 4.69) is 15.3 Å². The molecule has 0 amide bonds. The zero-order valence-electron chi connectivity index (χ0n) is 10.7. The minimum Gasteiger partial charge on any atom is -0.387 e. The fourth-order valence-electron chi connectivity index (χ4n) is 1.76. The summed E-state index contributed by atoms with van der Waals surface area (Å²) in [6.07, 6.45) is 4.14. The Morgan fingerprint density at radius 3 is 3.00 bits per heavy atom. The van der Waals surface area contributed by atoms with Crippen molar-refractivity contribution in [1.29, 1.82) is 0 Å². The van der Waals surface area contributed by atoms with E-state index >= 15 is 0 Å². The molecule has 0 bridgehead atoms. The lowest BCUT2D eigenvalue weighted by Gasteiger charge is -2.22. The third kappa shape index (κ3) is 3.74. The molecule has 1 atom stereocenters. The molecule has 0 aromatic carbocycles. The fourth-order valence-corrected chi connectivity index (χ4v) is 2.48. The maximum absolute atomic E-state index is 11.5. The van der Waals surface area contributed by atoms with Gasteiger partial charge in [-0.2, -0.15) is 11.8 Å². The zero-order valence-corrected chi connectivity index (χ0v) is 11.5. The van der Waals surface area contributed by atoms with Crippen LogP contribution in [-0.2, 0) is 0 Å². The summed E-state index contributed by atoms with van der Waals surface area (Å²) in [5.74, 6) is 2.35. The summed E-state index contributed by atoms with van der Waals surface area (Å²) >= 11 is 1.59. The van der Waals surface area contributed by atoms with E-state index < -0.39 is 5.60 Å². The summed E-state index contributed by atoms with van der Waals surface area (Å²) in [5, 5.41) is 13.1. The Kier molecular flexibility index (Phi) is 3.97. The van der Waals surface area contributed by atoms with E-state index in [-0.39, 0.29) is 5.56 Å². The number of nitrogens with one attached hydrogen (secondary N) is 2. The van der Waals surface area contributed by atoms with Crippen molar-refractivity contribution in [2.24, 2.45) is 0 Å². The van der Waals surface area contributed by atoms with Gasteiger partial charge in [0.25, 0.3) is 5.56 Å². The van der Waals surface area contributed by atoms with Gasteiger partial charge >= 0.3 is 0 Å². The quantitative estimate of drug-likeness (QED) is 0.722. The number of rotatable bonds is 6. The van der Waals surface area contributed by atoms with E-state index in [1.54, 1.807) is 18.7 Å². The lowest BCUT2D eigenvalue weighted by atomic mass is 10.1. The van der Waals surface area contributed by atoms with Crippen LogP contribution in [0.2, 0.25) is 0 Å². The van der Waals surface area contributed by atoms with Crippen molar-refractivity contribution < 1.29 is 5.11 Å². The maximum Gasteiger partial charge on any atom is 0.252 e. The Bertz CT molecular complexity index is 469. The Hall–Kier alpha value is -1.01. The highest BCUT2D eigenvalue weighted by Gasteiger charge is 2.26. The lowest BCUT2D eigenvalue weighted by Crippen LogP contribution is -2.36. The molecular weight excluding hydrogens is 250 g/mol. The van der Waals surface area contributed by atoms with Gasteiger partial charge in [-0.05, 0) is 26.0 Å². The van der Waals surface area contributed by atoms with Crippen LogP contribution < -0.4 is 10.9 Å². The van der Waals surface area contributed by atoms with Gasteiger partial charge in [0.1, 0.15) is 11.6 Å². The molecule has 0 spiro atoms. The molecular formula is C12H19N3O2S. The topological polar surface area (TPSA) is 78.0 Å². The van der Waals surface area contributed by atoms with Crippen molar-refractivity contribution in [2.45, 2.75) is 31.3 Å². The average Bonchev–Trinajstić information content (AvgIpc) is 3.09. The van der Waals surface area contributed by atoms with Gasteiger partial charge in [0.2, 0.25) is 0 Å². The maximum atomic E-state index is 11.5.